The van der Waals surface area contributed by atoms with Crippen LogP contribution in [0.1, 0.15) is 13.3 Å². The fraction of sp³-hybridized carbons (Fsp3) is 0.455. The molecule has 0 unspecified atom stereocenters. The van der Waals surface area contributed by atoms with Gasteiger partial charge >= 0.3 is 0 Å². The molecule has 0 aromatic heterocycles. The Morgan fingerprint density at radius 2 is 1.75 bits per heavy atom. The number of hydrogen-bond donors (Lipinski definition) is 0. The van der Waals surface area contributed by atoms with Gasteiger partial charge in [0.2, 0.25) is 10.0 Å². The summed E-state index contributed by atoms with van der Waals surface area (Å²) in [5.74, 6) is 0. The van der Waals surface area contributed by atoms with Crippen molar-refractivity contribution in [2.75, 3.05) is 61.9 Å². The van der Waals surface area contributed by atoms with E-state index < -0.39 is 25.1 Å². The number of benzene rings is 2. The van der Waals surface area contributed by atoms with E-state index in [1.54, 1.807) is 11.0 Å². The number of halogens is 1. The first-order chi connectivity index (χ1) is 16.9. The van der Waals surface area contributed by atoms with Gasteiger partial charge in [-0.2, -0.15) is 12.7 Å². The van der Waals surface area contributed by atoms with E-state index in [0.29, 0.717) is 31.1 Å². The normalized spacial score (nSPS) is 15.1. The standard InChI is InChI=1S/C22H29ClN4O7S2/c1-3-9-25(14-15-34-35(2,30)31)21-8-7-20(27(28)29)17-22(21)36(32,33)26-12-10-24(11-13-26)19-6-4-5-18(23)16-19/h4-8,16-17H,3,9-15H2,1-2H3. The van der Waals surface area contributed by atoms with Crippen LogP contribution in [0.5, 0.6) is 0 Å². The first kappa shape index (κ1) is 28.1. The van der Waals surface area contributed by atoms with Gasteiger partial charge in [-0.25, -0.2) is 8.42 Å². The molecule has 11 nitrogen and oxygen atoms in total. The van der Waals surface area contributed by atoms with Crippen LogP contribution < -0.4 is 9.80 Å². The van der Waals surface area contributed by atoms with E-state index in [1.807, 2.05) is 30.0 Å². The van der Waals surface area contributed by atoms with E-state index in [2.05, 4.69) is 0 Å². The van der Waals surface area contributed by atoms with Crippen LogP contribution in [0.25, 0.3) is 0 Å². The molecule has 0 atom stereocenters. The largest absolute Gasteiger partial charge is 0.369 e. The highest BCUT2D eigenvalue weighted by atomic mass is 35.5. The molecule has 0 amide bonds. The molecular formula is C22H29ClN4O7S2. The van der Waals surface area contributed by atoms with Crippen LogP contribution in [0.4, 0.5) is 17.1 Å². The third-order valence-electron chi connectivity index (χ3n) is 5.68. The Balaban J connectivity index is 1.90. The molecular weight excluding hydrogens is 532 g/mol. The summed E-state index contributed by atoms with van der Waals surface area (Å²) in [5.41, 5.74) is 0.797. The number of hydrogen-bond acceptors (Lipinski definition) is 9. The molecule has 14 heteroatoms. The molecule has 0 radical (unpaired) electrons. The summed E-state index contributed by atoms with van der Waals surface area (Å²) in [6.45, 7) is 3.39. The number of nitro groups is 1. The van der Waals surface area contributed by atoms with Crippen LogP contribution >= 0.6 is 11.6 Å². The maximum Gasteiger partial charge on any atom is 0.270 e. The van der Waals surface area contributed by atoms with E-state index in [9.17, 15) is 26.9 Å². The molecule has 36 heavy (non-hydrogen) atoms. The molecule has 0 saturated carbocycles. The smallest absolute Gasteiger partial charge is 0.270 e. The fourth-order valence-electron chi connectivity index (χ4n) is 4.00. The molecule has 3 rings (SSSR count). The van der Waals surface area contributed by atoms with Gasteiger partial charge in [0.05, 0.1) is 23.5 Å². The van der Waals surface area contributed by atoms with Crippen molar-refractivity contribution in [3.63, 3.8) is 0 Å². The first-order valence-electron chi connectivity index (χ1n) is 11.3. The third kappa shape index (κ3) is 7.07. The van der Waals surface area contributed by atoms with Gasteiger partial charge in [-0.1, -0.05) is 24.6 Å². The van der Waals surface area contributed by atoms with Crippen LogP contribution in [0.2, 0.25) is 5.02 Å². The molecule has 0 N–H and O–H groups in total. The molecule has 0 aliphatic carbocycles. The van der Waals surface area contributed by atoms with Crippen molar-refractivity contribution in [1.29, 1.82) is 0 Å². The van der Waals surface area contributed by atoms with Crippen molar-refractivity contribution in [2.24, 2.45) is 0 Å². The summed E-state index contributed by atoms with van der Waals surface area (Å²) in [6, 6.07) is 11.0. The lowest BCUT2D eigenvalue weighted by molar-refractivity contribution is -0.385. The van der Waals surface area contributed by atoms with Crippen LogP contribution in [0.3, 0.4) is 0 Å². The Hall–Kier alpha value is -2.45. The van der Waals surface area contributed by atoms with Crippen molar-refractivity contribution < 1.29 is 25.9 Å². The van der Waals surface area contributed by atoms with E-state index >= 15 is 0 Å². The van der Waals surface area contributed by atoms with Crippen molar-refractivity contribution in [3.8, 4) is 0 Å². The topological polar surface area (TPSA) is 130 Å². The van der Waals surface area contributed by atoms with Crippen LogP contribution in [0.15, 0.2) is 47.4 Å². The second kappa shape index (κ2) is 11.7. The molecule has 1 fully saturated rings. The lowest BCUT2D eigenvalue weighted by Gasteiger charge is -2.36. The van der Waals surface area contributed by atoms with Crippen molar-refractivity contribution in [2.45, 2.75) is 18.2 Å². The van der Waals surface area contributed by atoms with Gasteiger partial charge in [0.25, 0.3) is 15.8 Å². The third-order valence-corrected chi connectivity index (χ3v) is 8.43. The zero-order chi connectivity index (χ0) is 26.5. The first-order valence-corrected chi connectivity index (χ1v) is 14.9. The molecule has 0 spiro atoms. The van der Waals surface area contributed by atoms with Crippen molar-refractivity contribution in [1.82, 2.24) is 4.31 Å². The predicted molar refractivity (Wildman–Crippen MR) is 139 cm³/mol. The molecule has 0 bridgehead atoms. The Morgan fingerprint density at radius 3 is 2.33 bits per heavy atom. The van der Waals surface area contributed by atoms with Gasteiger partial charge < -0.3 is 9.80 Å². The maximum absolute atomic E-state index is 13.7. The molecule has 198 valence electrons. The van der Waals surface area contributed by atoms with E-state index in [-0.39, 0.29) is 42.5 Å². The van der Waals surface area contributed by atoms with Crippen LogP contribution in [-0.2, 0) is 24.3 Å². The Bertz CT molecular complexity index is 1300. The highest BCUT2D eigenvalue weighted by Crippen LogP contribution is 2.33. The van der Waals surface area contributed by atoms with Crippen molar-refractivity contribution in [3.05, 3.63) is 57.6 Å². The number of rotatable bonds is 11. The summed E-state index contributed by atoms with van der Waals surface area (Å²) in [5, 5.41) is 12.0. The van der Waals surface area contributed by atoms with Gasteiger partial charge in [-0.05, 0) is 30.7 Å². The Kier molecular flexibility index (Phi) is 9.17. The average molecular weight is 561 g/mol. The number of sulfonamides is 1. The minimum Gasteiger partial charge on any atom is -0.369 e. The average Bonchev–Trinajstić information content (AvgIpc) is 2.82. The summed E-state index contributed by atoms with van der Waals surface area (Å²) < 4.78 is 56.4. The molecule has 1 heterocycles. The Labute approximate surface area is 216 Å². The van der Waals surface area contributed by atoms with E-state index in [4.69, 9.17) is 15.8 Å². The molecule has 1 aliphatic heterocycles. The second-order valence-corrected chi connectivity index (χ2v) is 12.3. The van der Waals surface area contributed by atoms with Gasteiger partial charge in [-0.15, -0.1) is 0 Å². The van der Waals surface area contributed by atoms with E-state index in [0.717, 1.165) is 18.0 Å². The SMILES string of the molecule is CCCN(CCOS(C)(=O)=O)c1ccc([N+](=O)[O-])cc1S(=O)(=O)N1CCN(c2cccc(Cl)c2)CC1. The number of piperazine rings is 1. The lowest BCUT2D eigenvalue weighted by Crippen LogP contribution is -2.49. The highest BCUT2D eigenvalue weighted by molar-refractivity contribution is 7.89. The van der Waals surface area contributed by atoms with Crippen LogP contribution in [0, 0.1) is 10.1 Å². The number of anilines is 2. The number of non-ortho nitro benzene ring substituents is 1. The summed E-state index contributed by atoms with van der Waals surface area (Å²) in [6.07, 6.45) is 1.57. The number of nitrogens with zero attached hydrogens (tertiary/aromatic N) is 4. The maximum atomic E-state index is 13.7. The van der Waals surface area contributed by atoms with Gasteiger partial charge in [0, 0.05) is 62.1 Å². The quantitative estimate of drug-likeness (QED) is 0.231. The highest BCUT2D eigenvalue weighted by Gasteiger charge is 2.33. The minimum atomic E-state index is -4.10. The minimum absolute atomic E-state index is 0.0871. The summed E-state index contributed by atoms with van der Waals surface area (Å²) >= 11 is 6.08. The van der Waals surface area contributed by atoms with Crippen molar-refractivity contribution >= 4 is 48.8 Å². The zero-order valence-corrected chi connectivity index (χ0v) is 22.4. The summed E-state index contributed by atoms with van der Waals surface area (Å²) in [7, 11) is -7.78. The number of nitro benzene ring substituents is 1. The van der Waals surface area contributed by atoms with Crippen LogP contribution in [-0.4, -0.2) is 78.2 Å². The molecule has 1 aliphatic rings. The lowest BCUT2D eigenvalue weighted by atomic mass is 10.2. The van der Waals surface area contributed by atoms with Gasteiger partial charge in [0.15, 0.2) is 0 Å². The van der Waals surface area contributed by atoms with Gasteiger partial charge in [-0.3, -0.25) is 14.3 Å². The summed E-state index contributed by atoms with van der Waals surface area (Å²) in [4.78, 5) is 14.3. The molecule has 1 saturated heterocycles. The van der Waals surface area contributed by atoms with Gasteiger partial charge in [0.1, 0.15) is 4.90 Å². The molecule has 2 aromatic carbocycles. The zero-order valence-electron chi connectivity index (χ0n) is 20.0. The van der Waals surface area contributed by atoms with E-state index in [1.165, 1.54) is 16.4 Å². The monoisotopic (exact) mass is 560 g/mol. The Morgan fingerprint density at radius 1 is 1.06 bits per heavy atom. The predicted octanol–water partition coefficient (Wildman–Crippen LogP) is 2.95. The molecule has 2 aromatic rings. The second-order valence-electron chi connectivity index (χ2n) is 8.29. The fourth-order valence-corrected chi connectivity index (χ4v) is 6.22.